The molecule has 168 valence electrons. The predicted octanol–water partition coefficient (Wildman–Crippen LogP) is 0.749. The molecule has 30 heavy (non-hydrogen) atoms. The summed E-state index contributed by atoms with van der Waals surface area (Å²) < 4.78 is 7.39. The van der Waals surface area contributed by atoms with Crippen LogP contribution in [0.5, 0.6) is 0 Å². The fourth-order valence-electron chi connectivity index (χ4n) is 4.48. The van der Waals surface area contributed by atoms with Crippen molar-refractivity contribution in [2.45, 2.75) is 50.7 Å². The molecule has 0 radical (unpaired) electrons. The Morgan fingerprint density at radius 3 is 2.67 bits per heavy atom. The summed E-state index contributed by atoms with van der Waals surface area (Å²) in [6.07, 6.45) is 7.12. The molecule has 3 rings (SSSR count). The standard InChI is InChI=1S/C21H36N6O3/c1-16-17(12-26(4)24-16)23-19(28)14-27-10-11-30-18(13-27)20(29)22-15-21(25(2)3)8-6-5-7-9-21/h12,18H,5-11,13-15H2,1-4H3,(H,22,29)(H,23,28)/t18-/m0/s1. The average molecular weight is 421 g/mol. The molecule has 0 unspecified atom stereocenters. The van der Waals surface area contributed by atoms with Crippen LogP contribution in [-0.2, 0) is 21.4 Å². The number of likely N-dealkylation sites (N-methyl/N-ethyl adjacent to an activating group) is 1. The molecule has 1 aromatic rings. The van der Waals surface area contributed by atoms with E-state index in [2.05, 4.69) is 34.7 Å². The van der Waals surface area contributed by atoms with E-state index in [0.29, 0.717) is 31.9 Å². The van der Waals surface area contributed by atoms with Crippen molar-refractivity contribution in [3.05, 3.63) is 11.9 Å². The molecule has 2 heterocycles. The Labute approximate surface area is 179 Å². The van der Waals surface area contributed by atoms with Crippen LogP contribution in [0.3, 0.4) is 0 Å². The Morgan fingerprint density at radius 2 is 2.03 bits per heavy atom. The first-order chi connectivity index (χ1) is 14.3. The molecule has 2 amide bonds. The number of carbonyl (C=O) groups is 2. The van der Waals surface area contributed by atoms with Gasteiger partial charge in [-0.05, 0) is 33.9 Å². The zero-order valence-electron chi connectivity index (χ0n) is 18.7. The zero-order valence-corrected chi connectivity index (χ0v) is 18.7. The lowest BCUT2D eigenvalue weighted by Gasteiger charge is -2.43. The second-order valence-electron chi connectivity index (χ2n) is 8.84. The van der Waals surface area contributed by atoms with E-state index in [-0.39, 0.29) is 23.9 Å². The third kappa shape index (κ3) is 5.59. The number of aromatic nitrogens is 2. The molecule has 1 aliphatic heterocycles. The van der Waals surface area contributed by atoms with Crippen molar-refractivity contribution in [2.24, 2.45) is 7.05 Å². The van der Waals surface area contributed by atoms with Crippen LogP contribution in [0, 0.1) is 6.92 Å². The van der Waals surface area contributed by atoms with E-state index in [1.165, 1.54) is 19.3 Å². The van der Waals surface area contributed by atoms with Gasteiger partial charge in [-0.25, -0.2) is 0 Å². The molecule has 0 bridgehead atoms. The molecule has 1 aromatic heterocycles. The number of nitrogens with one attached hydrogen (secondary N) is 2. The lowest BCUT2D eigenvalue weighted by molar-refractivity contribution is -0.140. The summed E-state index contributed by atoms with van der Waals surface area (Å²) in [7, 11) is 6.01. The van der Waals surface area contributed by atoms with E-state index in [9.17, 15) is 9.59 Å². The predicted molar refractivity (Wildman–Crippen MR) is 115 cm³/mol. The van der Waals surface area contributed by atoms with Gasteiger partial charge in [-0.15, -0.1) is 0 Å². The van der Waals surface area contributed by atoms with Crippen LogP contribution in [-0.4, -0.2) is 89.9 Å². The summed E-state index contributed by atoms with van der Waals surface area (Å²) in [4.78, 5) is 29.4. The minimum absolute atomic E-state index is 0.0315. The second kappa shape index (κ2) is 9.89. The number of anilines is 1. The number of hydrogen-bond acceptors (Lipinski definition) is 6. The molecule has 0 spiro atoms. The molecule has 2 aliphatic rings. The molecule has 0 aromatic carbocycles. The molecular weight excluding hydrogens is 384 g/mol. The maximum absolute atomic E-state index is 12.8. The first-order valence-electron chi connectivity index (χ1n) is 10.9. The van der Waals surface area contributed by atoms with Crippen molar-refractivity contribution < 1.29 is 14.3 Å². The van der Waals surface area contributed by atoms with E-state index < -0.39 is 6.10 Å². The highest BCUT2D eigenvalue weighted by Gasteiger charge is 2.36. The number of amides is 2. The quantitative estimate of drug-likeness (QED) is 0.676. The van der Waals surface area contributed by atoms with Crippen LogP contribution in [0.1, 0.15) is 37.8 Å². The first kappa shape index (κ1) is 22.7. The highest BCUT2D eigenvalue weighted by atomic mass is 16.5. The van der Waals surface area contributed by atoms with Gasteiger partial charge in [-0.2, -0.15) is 5.10 Å². The Hall–Kier alpha value is -1.97. The zero-order chi connectivity index (χ0) is 21.7. The normalized spacial score (nSPS) is 22.1. The lowest BCUT2D eigenvalue weighted by Crippen LogP contribution is -2.57. The van der Waals surface area contributed by atoms with Crippen molar-refractivity contribution in [3.63, 3.8) is 0 Å². The smallest absolute Gasteiger partial charge is 0.250 e. The number of carbonyl (C=O) groups excluding carboxylic acids is 2. The minimum Gasteiger partial charge on any atom is -0.366 e. The van der Waals surface area contributed by atoms with E-state index in [4.69, 9.17) is 4.74 Å². The summed E-state index contributed by atoms with van der Waals surface area (Å²) in [6.45, 7) is 4.21. The highest BCUT2D eigenvalue weighted by molar-refractivity contribution is 5.92. The number of aryl methyl sites for hydroxylation is 2. The topological polar surface area (TPSA) is 91.7 Å². The van der Waals surface area contributed by atoms with Gasteiger partial charge < -0.3 is 20.3 Å². The summed E-state index contributed by atoms with van der Waals surface area (Å²) in [5.74, 6) is -0.198. The summed E-state index contributed by atoms with van der Waals surface area (Å²) >= 11 is 0. The van der Waals surface area contributed by atoms with Crippen molar-refractivity contribution in [1.82, 2.24) is 24.9 Å². The van der Waals surface area contributed by atoms with Crippen molar-refractivity contribution >= 4 is 17.5 Å². The largest absolute Gasteiger partial charge is 0.366 e. The minimum atomic E-state index is -0.547. The van der Waals surface area contributed by atoms with Gasteiger partial charge in [0.15, 0.2) is 0 Å². The molecule has 1 aliphatic carbocycles. The number of nitrogens with zero attached hydrogens (tertiary/aromatic N) is 4. The first-order valence-corrected chi connectivity index (χ1v) is 10.9. The molecule has 9 nitrogen and oxygen atoms in total. The lowest BCUT2D eigenvalue weighted by atomic mass is 9.80. The van der Waals surface area contributed by atoms with Crippen LogP contribution in [0.2, 0.25) is 0 Å². The van der Waals surface area contributed by atoms with Gasteiger partial charge in [-0.1, -0.05) is 19.3 Å². The van der Waals surface area contributed by atoms with Crippen molar-refractivity contribution in [1.29, 1.82) is 0 Å². The van der Waals surface area contributed by atoms with Gasteiger partial charge in [0.1, 0.15) is 6.10 Å². The van der Waals surface area contributed by atoms with Gasteiger partial charge in [0, 0.05) is 38.4 Å². The van der Waals surface area contributed by atoms with Gasteiger partial charge >= 0.3 is 0 Å². The molecule has 9 heteroatoms. The molecule has 2 fully saturated rings. The Bertz CT molecular complexity index is 741. The van der Waals surface area contributed by atoms with Crippen LogP contribution in [0.4, 0.5) is 5.69 Å². The van der Waals surface area contributed by atoms with Gasteiger partial charge in [0.25, 0.3) is 5.91 Å². The van der Waals surface area contributed by atoms with E-state index >= 15 is 0 Å². The van der Waals surface area contributed by atoms with E-state index in [1.807, 2.05) is 18.9 Å². The highest BCUT2D eigenvalue weighted by Crippen LogP contribution is 2.31. The molecule has 1 saturated carbocycles. The number of ether oxygens (including phenoxy) is 1. The monoisotopic (exact) mass is 420 g/mol. The molecule has 1 saturated heterocycles. The Balaban J connectivity index is 1.49. The fourth-order valence-corrected chi connectivity index (χ4v) is 4.48. The number of rotatable bonds is 7. The van der Waals surface area contributed by atoms with Crippen molar-refractivity contribution in [3.8, 4) is 0 Å². The maximum atomic E-state index is 12.8. The van der Waals surface area contributed by atoms with Gasteiger partial charge in [0.2, 0.25) is 5.91 Å². The van der Waals surface area contributed by atoms with Crippen molar-refractivity contribution in [2.75, 3.05) is 52.2 Å². The molecule has 2 N–H and O–H groups in total. The van der Waals surface area contributed by atoms with Crippen LogP contribution < -0.4 is 10.6 Å². The van der Waals surface area contributed by atoms with Crippen LogP contribution >= 0.6 is 0 Å². The SMILES string of the molecule is Cc1nn(C)cc1NC(=O)CN1CCO[C@H](C(=O)NCC2(N(C)C)CCCCC2)C1. The molecule has 1 atom stereocenters. The Morgan fingerprint density at radius 1 is 1.30 bits per heavy atom. The summed E-state index contributed by atoms with van der Waals surface area (Å²) in [5, 5.41) is 10.3. The fraction of sp³-hybridized carbons (Fsp3) is 0.762. The van der Waals surface area contributed by atoms with Gasteiger partial charge in [-0.3, -0.25) is 19.2 Å². The second-order valence-corrected chi connectivity index (χ2v) is 8.84. The van der Waals surface area contributed by atoms with Gasteiger partial charge in [0.05, 0.1) is 24.5 Å². The number of hydrogen-bond donors (Lipinski definition) is 2. The van der Waals surface area contributed by atoms with E-state index in [1.54, 1.807) is 10.9 Å². The van der Waals surface area contributed by atoms with Crippen LogP contribution in [0.15, 0.2) is 6.20 Å². The Kier molecular flexibility index (Phi) is 7.49. The van der Waals surface area contributed by atoms with E-state index in [0.717, 1.165) is 18.5 Å². The summed E-state index contributed by atoms with van der Waals surface area (Å²) in [5.41, 5.74) is 1.53. The average Bonchev–Trinajstić information content (AvgIpc) is 3.03. The molecular formula is C21H36N6O3. The summed E-state index contributed by atoms with van der Waals surface area (Å²) in [6, 6.07) is 0. The maximum Gasteiger partial charge on any atom is 0.250 e. The third-order valence-corrected chi connectivity index (χ3v) is 6.42. The number of morpholine rings is 1. The van der Waals surface area contributed by atoms with Crippen LogP contribution in [0.25, 0.3) is 0 Å². The third-order valence-electron chi connectivity index (χ3n) is 6.42.